The molecule has 2 unspecified atom stereocenters. The number of nitrogens with one attached hydrogen (secondary N) is 2. The van der Waals surface area contributed by atoms with E-state index in [-0.39, 0.29) is 24.5 Å². The number of amides is 2. The first-order chi connectivity index (χ1) is 7.58. The molecule has 2 amide bonds. The van der Waals surface area contributed by atoms with Crippen molar-refractivity contribution in [3.05, 3.63) is 0 Å². The molecule has 1 aliphatic rings. The molecule has 16 heavy (non-hydrogen) atoms. The van der Waals surface area contributed by atoms with Crippen LogP contribution in [0.25, 0.3) is 0 Å². The van der Waals surface area contributed by atoms with E-state index < -0.39 is 5.97 Å². The number of carbonyl (C=O) groups is 2. The fourth-order valence-electron chi connectivity index (χ4n) is 1.51. The molecule has 1 aliphatic heterocycles. The van der Waals surface area contributed by atoms with Crippen molar-refractivity contribution in [3.8, 4) is 0 Å². The topological polar surface area (TPSA) is 78.4 Å². The lowest BCUT2D eigenvalue weighted by molar-refractivity contribution is -0.137. The zero-order valence-corrected chi connectivity index (χ0v) is 10.2. The predicted molar refractivity (Wildman–Crippen MR) is 63.7 cm³/mol. The summed E-state index contributed by atoms with van der Waals surface area (Å²) in [5, 5.41) is 14.1. The third-order valence-corrected chi connectivity index (χ3v) is 3.60. The van der Waals surface area contributed by atoms with Crippen LogP contribution in [-0.2, 0) is 4.79 Å². The van der Waals surface area contributed by atoms with Gasteiger partial charge in [0.1, 0.15) is 0 Å². The van der Waals surface area contributed by atoms with E-state index in [0.717, 1.165) is 17.9 Å². The zero-order chi connectivity index (χ0) is 12.0. The standard InChI is InChI=1S/C10H18N2O3S/c1-7(2-3-9(13)14)11-10(15)12-8-4-5-16-6-8/h7-8H,2-6H2,1H3,(H,13,14)(H2,11,12,15). The number of carboxylic acid groups (broad SMARTS) is 1. The highest BCUT2D eigenvalue weighted by molar-refractivity contribution is 7.99. The molecule has 92 valence electrons. The van der Waals surface area contributed by atoms with Crippen LogP contribution >= 0.6 is 11.8 Å². The van der Waals surface area contributed by atoms with E-state index in [1.54, 1.807) is 0 Å². The van der Waals surface area contributed by atoms with Gasteiger partial charge in [0.25, 0.3) is 0 Å². The second-order valence-corrected chi connectivity index (χ2v) is 5.16. The molecule has 0 radical (unpaired) electrons. The molecule has 1 saturated heterocycles. The molecule has 5 nitrogen and oxygen atoms in total. The van der Waals surface area contributed by atoms with E-state index in [1.807, 2.05) is 18.7 Å². The number of hydrogen-bond donors (Lipinski definition) is 3. The summed E-state index contributed by atoms with van der Waals surface area (Å²) in [5.41, 5.74) is 0. The van der Waals surface area contributed by atoms with E-state index in [2.05, 4.69) is 10.6 Å². The number of urea groups is 1. The summed E-state index contributed by atoms with van der Waals surface area (Å²) in [6.07, 6.45) is 1.56. The predicted octanol–water partition coefficient (Wildman–Crippen LogP) is 1.04. The smallest absolute Gasteiger partial charge is 0.315 e. The number of thioether (sulfide) groups is 1. The quantitative estimate of drug-likeness (QED) is 0.677. The van der Waals surface area contributed by atoms with Crippen molar-refractivity contribution < 1.29 is 14.7 Å². The highest BCUT2D eigenvalue weighted by Crippen LogP contribution is 2.16. The van der Waals surface area contributed by atoms with Gasteiger partial charge in [-0.2, -0.15) is 11.8 Å². The van der Waals surface area contributed by atoms with E-state index in [0.29, 0.717) is 6.42 Å². The Kier molecular flexibility index (Phi) is 5.45. The van der Waals surface area contributed by atoms with E-state index in [1.165, 1.54) is 0 Å². The minimum absolute atomic E-state index is 0.0841. The lowest BCUT2D eigenvalue weighted by Gasteiger charge is -2.16. The number of hydrogen-bond acceptors (Lipinski definition) is 3. The minimum atomic E-state index is -0.832. The maximum absolute atomic E-state index is 11.5. The summed E-state index contributed by atoms with van der Waals surface area (Å²) < 4.78 is 0. The Morgan fingerprint density at radius 2 is 2.31 bits per heavy atom. The zero-order valence-electron chi connectivity index (χ0n) is 9.36. The number of carboxylic acids is 1. The fourth-order valence-corrected chi connectivity index (χ4v) is 2.66. The summed E-state index contributed by atoms with van der Waals surface area (Å²) in [6, 6.07) is -0.0350. The molecule has 2 atom stereocenters. The molecule has 3 N–H and O–H groups in total. The highest BCUT2D eigenvalue weighted by Gasteiger charge is 2.18. The first kappa shape index (κ1) is 13.2. The molecule has 0 spiro atoms. The van der Waals surface area contributed by atoms with Gasteiger partial charge in [-0.25, -0.2) is 4.79 Å². The maximum atomic E-state index is 11.5. The molecular weight excluding hydrogens is 228 g/mol. The monoisotopic (exact) mass is 246 g/mol. The van der Waals surface area contributed by atoms with Crippen LogP contribution in [0.1, 0.15) is 26.2 Å². The average molecular weight is 246 g/mol. The number of aliphatic carboxylic acids is 1. The molecule has 0 aliphatic carbocycles. The summed E-state index contributed by atoms with van der Waals surface area (Å²) in [6.45, 7) is 1.81. The van der Waals surface area contributed by atoms with Gasteiger partial charge in [0, 0.05) is 24.3 Å². The van der Waals surface area contributed by atoms with Crippen LogP contribution in [0.4, 0.5) is 4.79 Å². The van der Waals surface area contributed by atoms with E-state index in [4.69, 9.17) is 5.11 Å². The van der Waals surface area contributed by atoms with Crippen molar-refractivity contribution in [3.63, 3.8) is 0 Å². The van der Waals surface area contributed by atoms with Gasteiger partial charge >= 0.3 is 12.0 Å². The molecular formula is C10H18N2O3S. The van der Waals surface area contributed by atoms with Crippen LogP contribution in [0, 0.1) is 0 Å². The maximum Gasteiger partial charge on any atom is 0.315 e. The second-order valence-electron chi connectivity index (χ2n) is 4.01. The Balaban J connectivity index is 2.14. The first-order valence-electron chi connectivity index (χ1n) is 5.44. The first-order valence-corrected chi connectivity index (χ1v) is 6.60. The fraction of sp³-hybridized carbons (Fsp3) is 0.800. The Morgan fingerprint density at radius 1 is 1.56 bits per heavy atom. The lowest BCUT2D eigenvalue weighted by atomic mass is 10.2. The lowest BCUT2D eigenvalue weighted by Crippen LogP contribution is -2.45. The van der Waals surface area contributed by atoms with Crippen LogP contribution in [0.5, 0.6) is 0 Å². The van der Waals surface area contributed by atoms with Crippen molar-refractivity contribution in [2.24, 2.45) is 0 Å². The van der Waals surface area contributed by atoms with Crippen LogP contribution in [0.2, 0.25) is 0 Å². The van der Waals surface area contributed by atoms with Crippen molar-refractivity contribution in [1.29, 1.82) is 0 Å². The Labute approximate surface area is 99.4 Å². The van der Waals surface area contributed by atoms with Gasteiger partial charge in [-0.1, -0.05) is 0 Å². The third kappa shape index (κ3) is 5.25. The Bertz CT molecular complexity index is 254. The van der Waals surface area contributed by atoms with Crippen LogP contribution in [0.3, 0.4) is 0 Å². The molecule has 0 bridgehead atoms. The Hall–Kier alpha value is -0.910. The van der Waals surface area contributed by atoms with Crippen LogP contribution in [-0.4, -0.2) is 40.7 Å². The van der Waals surface area contributed by atoms with Gasteiger partial charge in [-0.15, -0.1) is 0 Å². The molecule has 0 aromatic carbocycles. The SMILES string of the molecule is CC(CCC(=O)O)NC(=O)NC1CCSC1. The summed E-state index contributed by atoms with van der Waals surface area (Å²) in [4.78, 5) is 21.8. The summed E-state index contributed by atoms with van der Waals surface area (Å²) in [5.74, 6) is 1.23. The molecule has 6 heteroatoms. The Morgan fingerprint density at radius 3 is 2.88 bits per heavy atom. The van der Waals surface area contributed by atoms with Gasteiger partial charge in [0.2, 0.25) is 0 Å². The van der Waals surface area contributed by atoms with Crippen molar-refractivity contribution in [2.75, 3.05) is 11.5 Å². The average Bonchev–Trinajstić information content (AvgIpc) is 2.67. The largest absolute Gasteiger partial charge is 0.481 e. The van der Waals surface area contributed by atoms with Crippen LogP contribution in [0.15, 0.2) is 0 Å². The van der Waals surface area contributed by atoms with Crippen molar-refractivity contribution >= 4 is 23.8 Å². The molecule has 0 aromatic rings. The van der Waals surface area contributed by atoms with Crippen LogP contribution < -0.4 is 10.6 Å². The van der Waals surface area contributed by atoms with Gasteiger partial charge in [0.05, 0.1) is 0 Å². The second kappa shape index (κ2) is 6.62. The van der Waals surface area contributed by atoms with E-state index in [9.17, 15) is 9.59 Å². The van der Waals surface area contributed by atoms with Crippen molar-refractivity contribution in [1.82, 2.24) is 10.6 Å². The van der Waals surface area contributed by atoms with Gasteiger partial charge in [-0.3, -0.25) is 4.79 Å². The van der Waals surface area contributed by atoms with Gasteiger partial charge in [-0.05, 0) is 25.5 Å². The summed E-state index contributed by atoms with van der Waals surface area (Å²) in [7, 11) is 0. The number of carbonyl (C=O) groups excluding carboxylic acids is 1. The molecule has 0 saturated carbocycles. The number of rotatable bonds is 5. The van der Waals surface area contributed by atoms with Gasteiger partial charge in [0.15, 0.2) is 0 Å². The molecule has 1 fully saturated rings. The normalized spacial score (nSPS) is 21.4. The third-order valence-electron chi connectivity index (χ3n) is 2.43. The van der Waals surface area contributed by atoms with Gasteiger partial charge < -0.3 is 15.7 Å². The highest BCUT2D eigenvalue weighted by atomic mass is 32.2. The van der Waals surface area contributed by atoms with E-state index >= 15 is 0 Å². The minimum Gasteiger partial charge on any atom is -0.481 e. The molecule has 1 heterocycles. The van der Waals surface area contributed by atoms with Crippen molar-refractivity contribution in [2.45, 2.75) is 38.3 Å². The summed E-state index contributed by atoms with van der Waals surface area (Å²) >= 11 is 1.84. The molecule has 1 rings (SSSR count). The molecule has 0 aromatic heterocycles.